The molecule has 0 saturated carbocycles. The standard InChI is InChI=1S/C8H8O5.C8H8/c1-5(2)8(12)13-7(11)4-3-6(9)10;1-2-8-6-4-3-5-7-8/h3-4H,1H2,2H3,(H,9,10);2-7H,1H2/b4-3-;. The van der Waals surface area contributed by atoms with Crippen molar-refractivity contribution in [2.45, 2.75) is 6.92 Å². The average Bonchev–Trinajstić information content (AvgIpc) is 2.46. The normalized spacial score (nSPS) is 9.19. The highest BCUT2D eigenvalue weighted by atomic mass is 16.6. The van der Waals surface area contributed by atoms with Gasteiger partial charge in [0.2, 0.25) is 0 Å². The summed E-state index contributed by atoms with van der Waals surface area (Å²) in [5.74, 6) is -3.20. The van der Waals surface area contributed by atoms with Crippen molar-refractivity contribution in [2.24, 2.45) is 0 Å². The average molecular weight is 288 g/mol. The first-order chi connectivity index (χ1) is 9.86. The molecular weight excluding hydrogens is 272 g/mol. The molecule has 0 aliphatic heterocycles. The van der Waals surface area contributed by atoms with Gasteiger partial charge in [0.05, 0.1) is 0 Å². The van der Waals surface area contributed by atoms with Gasteiger partial charge < -0.3 is 9.84 Å². The fourth-order valence-electron chi connectivity index (χ4n) is 0.941. The molecule has 0 spiro atoms. The minimum atomic E-state index is -1.29. The third kappa shape index (κ3) is 9.61. The highest BCUT2D eigenvalue weighted by Gasteiger charge is 2.07. The van der Waals surface area contributed by atoms with E-state index in [0.29, 0.717) is 12.2 Å². The molecule has 5 heteroatoms. The summed E-state index contributed by atoms with van der Waals surface area (Å²) in [6.07, 6.45) is 3.05. The van der Waals surface area contributed by atoms with E-state index >= 15 is 0 Å². The minimum Gasteiger partial charge on any atom is -0.478 e. The Morgan fingerprint density at radius 2 is 1.71 bits per heavy atom. The molecule has 21 heavy (non-hydrogen) atoms. The lowest BCUT2D eigenvalue weighted by Crippen LogP contribution is -2.10. The lowest BCUT2D eigenvalue weighted by atomic mass is 10.2. The molecule has 1 aromatic rings. The lowest BCUT2D eigenvalue weighted by Gasteiger charge is -1.96. The Morgan fingerprint density at radius 3 is 2.10 bits per heavy atom. The zero-order valence-corrected chi connectivity index (χ0v) is 11.6. The van der Waals surface area contributed by atoms with Gasteiger partial charge in [0.15, 0.2) is 0 Å². The van der Waals surface area contributed by atoms with Crippen molar-refractivity contribution in [2.75, 3.05) is 0 Å². The van der Waals surface area contributed by atoms with Crippen molar-refractivity contribution in [1.29, 1.82) is 0 Å². The van der Waals surface area contributed by atoms with Crippen LogP contribution in [0.2, 0.25) is 0 Å². The molecule has 0 bridgehead atoms. The van der Waals surface area contributed by atoms with Gasteiger partial charge in [0.1, 0.15) is 0 Å². The second-order valence-corrected chi connectivity index (χ2v) is 3.78. The van der Waals surface area contributed by atoms with Crippen LogP contribution in [-0.4, -0.2) is 23.0 Å². The molecule has 0 amide bonds. The summed E-state index contributed by atoms with van der Waals surface area (Å²) in [5.41, 5.74) is 1.24. The molecule has 0 heterocycles. The number of hydrogen-bond donors (Lipinski definition) is 1. The number of carbonyl (C=O) groups is 3. The van der Waals surface area contributed by atoms with Crippen LogP contribution < -0.4 is 0 Å². The highest BCUT2D eigenvalue weighted by Crippen LogP contribution is 1.97. The van der Waals surface area contributed by atoms with Gasteiger partial charge in [-0.3, -0.25) is 0 Å². The van der Waals surface area contributed by atoms with Gasteiger partial charge in [0, 0.05) is 17.7 Å². The molecule has 0 aliphatic rings. The van der Waals surface area contributed by atoms with Crippen molar-refractivity contribution < 1.29 is 24.2 Å². The number of carboxylic acid groups (broad SMARTS) is 1. The van der Waals surface area contributed by atoms with Gasteiger partial charge in [-0.2, -0.15) is 0 Å². The van der Waals surface area contributed by atoms with E-state index in [4.69, 9.17) is 5.11 Å². The Labute approximate surface area is 122 Å². The van der Waals surface area contributed by atoms with Gasteiger partial charge >= 0.3 is 17.9 Å². The van der Waals surface area contributed by atoms with E-state index in [1.165, 1.54) is 12.5 Å². The summed E-state index contributed by atoms with van der Waals surface area (Å²) in [7, 11) is 0. The molecule has 0 unspecified atom stereocenters. The van der Waals surface area contributed by atoms with Gasteiger partial charge in [-0.25, -0.2) is 14.4 Å². The zero-order chi connectivity index (χ0) is 16.3. The SMILES string of the molecule is C=C(C)C(=O)OC(=O)/C=C\C(=O)O.C=Cc1ccccc1. The molecule has 1 rings (SSSR count). The number of benzene rings is 1. The third-order valence-corrected chi connectivity index (χ3v) is 1.94. The van der Waals surface area contributed by atoms with Gasteiger partial charge in [0.25, 0.3) is 0 Å². The molecule has 0 atom stereocenters. The number of carbonyl (C=O) groups excluding carboxylic acids is 2. The second kappa shape index (κ2) is 9.91. The van der Waals surface area contributed by atoms with Crippen molar-refractivity contribution in [3.05, 3.63) is 66.8 Å². The van der Waals surface area contributed by atoms with Crippen molar-refractivity contribution in [3.63, 3.8) is 0 Å². The summed E-state index contributed by atoms with van der Waals surface area (Å²) >= 11 is 0. The Hall–Kier alpha value is -2.95. The molecule has 0 saturated heterocycles. The molecule has 0 aliphatic carbocycles. The van der Waals surface area contributed by atoms with E-state index in [9.17, 15) is 14.4 Å². The van der Waals surface area contributed by atoms with Crippen LogP contribution in [0.3, 0.4) is 0 Å². The van der Waals surface area contributed by atoms with Gasteiger partial charge in [-0.05, 0) is 12.5 Å². The third-order valence-electron chi connectivity index (χ3n) is 1.94. The summed E-state index contributed by atoms with van der Waals surface area (Å²) < 4.78 is 4.13. The van der Waals surface area contributed by atoms with Crippen LogP contribution in [-0.2, 0) is 19.1 Å². The van der Waals surface area contributed by atoms with E-state index in [0.717, 1.165) is 0 Å². The van der Waals surface area contributed by atoms with Crippen LogP contribution in [0, 0.1) is 0 Å². The van der Waals surface area contributed by atoms with Crippen LogP contribution in [0.15, 0.2) is 61.2 Å². The van der Waals surface area contributed by atoms with E-state index in [-0.39, 0.29) is 5.57 Å². The molecule has 110 valence electrons. The Morgan fingerprint density at radius 1 is 1.14 bits per heavy atom. The van der Waals surface area contributed by atoms with Crippen LogP contribution in [0.25, 0.3) is 6.08 Å². The van der Waals surface area contributed by atoms with E-state index < -0.39 is 17.9 Å². The summed E-state index contributed by atoms with van der Waals surface area (Å²) in [5, 5.41) is 8.11. The summed E-state index contributed by atoms with van der Waals surface area (Å²) in [6.45, 7) is 8.24. The largest absolute Gasteiger partial charge is 0.478 e. The van der Waals surface area contributed by atoms with Gasteiger partial charge in [-0.1, -0.05) is 49.6 Å². The minimum absolute atomic E-state index is 0.0667. The van der Waals surface area contributed by atoms with Crippen molar-refractivity contribution >= 4 is 24.0 Å². The summed E-state index contributed by atoms with van der Waals surface area (Å²) in [6, 6.07) is 10.0. The molecule has 0 aromatic heterocycles. The second-order valence-electron chi connectivity index (χ2n) is 3.78. The van der Waals surface area contributed by atoms with Crippen molar-refractivity contribution in [1.82, 2.24) is 0 Å². The van der Waals surface area contributed by atoms with Crippen molar-refractivity contribution in [3.8, 4) is 0 Å². The molecule has 1 N–H and O–H groups in total. The first-order valence-electron chi connectivity index (χ1n) is 5.87. The fourth-order valence-corrected chi connectivity index (χ4v) is 0.941. The number of hydrogen-bond acceptors (Lipinski definition) is 4. The fraction of sp³-hybridized carbons (Fsp3) is 0.0625. The van der Waals surface area contributed by atoms with Crippen LogP contribution in [0.1, 0.15) is 12.5 Å². The van der Waals surface area contributed by atoms with Gasteiger partial charge in [-0.15, -0.1) is 0 Å². The monoisotopic (exact) mass is 288 g/mol. The first kappa shape index (κ1) is 18.0. The first-order valence-corrected chi connectivity index (χ1v) is 5.87. The lowest BCUT2D eigenvalue weighted by molar-refractivity contribution is -0.153. The van der Waals surface area contributed by atoms with Crippen LogP contribution >= 0.6 is 0 Å². The quantitative estimate of drug-likeness (QED) is 0.523. The smallest absolute Gasteiger partial charge is 0.340 e. The topological polar surface area (TPSA) is 80.7 Å². The molecule has 5 nitrogen and oxygen atoms in total. The Kier molecular flexibility index (Phi) is 8.52. The molecule has 1 aromatic carbocycles. The Balaban J connectivity index is 0.000000423. The van der Waals surface area contributed by atoms with E-state index in [1.54, 1.807) is 0 Å². The molecule has 0 radical (unpaired) electrons. The number of ether oxygens (including phenoxy) is 1. The number of carboxylic acids is 1. The summed E-state index contributed by atoms with van der Waals surface area (Å²) in [4.78, 5) is 31.2. The highest BCUT2D eigenvalue weighted by molar-refractivity contribution is 6.00. The maximum atomic E-state index is 10.7. The zero-order valence-electron chi connectivity index (χ0n) is 11.6. The maximum absolute atomic E-state index is 10.7. The maximum Gasteiger partial charge on any atom is 0.340 e. The molecular formula is C16H16O5. The van der Waals surface area contributed by atoms with E-state index in [1.807, 2.05) is 36.4 Å². The van der Waals surface area contributed by atoms with Crippen LogP contribution in [0.5, 0.6) is 0 Å². The number of rotatable bonds is 4. The number of aliphatic carboxylic acids is 1. The number of esters is 2. The predicted molar refractivity (Wildman–Crippen MR) is 79.2 cm³/mol. The van der Waals surface area contributed by atoms with Crippen LogP contribution in [0.4, 0.5) is 0 Å². The predicted octanol–water partition coefficient (Wildman–Crippen LogP) is 2.60. The Bertz CT molecular complexity index is 555. The van der Waals surface area contributed by atoms with E-state index in [2.05, 4.69) is 17.9 Å². The molecule has 0 fully saturated rings.